The molecule has 0 radical (unpaired) electrons. The fraction of sp³-hybridized carbons (Fsp3) is 0.476. The maximum Gasteiger partial charge on any atom is 0.446 e. The van der Waals surface area contributed by atoms with Gasteiger partial charge in [0.1, 0.15) is 12.2 Å². The van der Waals surface area contributed by atoms with Gasteiger partial charge in [-0.3, -0.25) is 0 Å². The van der Waals surface area contributed by atoms with Gasteiger partial charge in [-0.1, -0.05) is 17.3 Å². The van der Waals surface area contributed by atoms with Gasteiger partial charge < -0.3 is 25.2 Å². The predicted molar refractivity (Wildman–Crippen MR) is 123 cm³/mol. The minimum absolute atomic E-state index is 0.0179. The van der Waals surface area contributed by atoms with Gasteiger partial charge in [-0.2, -0.15) is 18.2 Å². The Balaban J connectivity index is 1.54. The highest BCUT2D eigenvalue weighted by Gasteiger charge is 2.38. The third-order valence-electron chi connectivity index (χ3n) is 5.73. The van der Waals surface area contributed by atoms with Crippen LogP contribution in [0.15, 0.2) is 27.6 Å². The predicted octanol–water partition coefficient (Wildman–Crippen LogP) is 5.23. The smallest absolute Gasteiger partial charge is 0.378 e. The summed E-state index contributed by atoms with van der Waals surface area (Å²) in [4.78, 5) is 15.8. The van der Waals surface area contributed by atoms with E-state index >= 15 is 0 Å². The number of nitrogens with zero attached hydrogens (tertiary/aromatic N) is 2. The number of amides is 2. The number of benzene rings is 1. The number of aromatic nitrogens is 2. The molecule has 2 aliphatic rings. The van der Waals surface area contributed by atoms with E-state index < -0.39 is 35.4 Å². The fourth-order valence-electron chi connectivity index (χ4n) is 4.13. The number of halogens is 4. The van der Waals surface area contributed by atoms with Crippen molar-refractivity contribution in [3.8, 4) is 10.7 Å². The molecule has 2 aromatic heterocycles. The highest BCUT2D eigenvalue weighted by molar-refractivity contribution is 8.00. The molecular weight excluding hydrogens is 510 g/mol. The molecule has 0 spiro atoms. The molecular formula is C21H21F4N5O3S2. The Morgan fingerprint density at radius 3 is 2.83 bits per heavy atom. The van der Waals surface area contributed by atoms with Crippen LogP contribution in [0, 0.1) is 0 Å². The van der Waals surface area contributed by atoms with Crippen LogP contribution in [0.4, 0.5) is 28.0 Å². The van der Waals surface area contributed by atoms with E-state index in [4.69, 9.17) is 9.26 Å². The molecule has 3 aromatic rings. The zero-order valence-electron chi connectivity index (χ0n) is 18.5. The van der Waals surface area contributed by atoms with Gasteiger partial charge in [-0.25, -0.2) is 9.18 Å². The van der Waals surface area contributed by atoms with Crippen LogP contribution in [0.1, 0.15) is 32.2 Å². The lowest BCUT2D eigenvalue weighted by Crippen LogP contribution is -2.47. The second-order valence-corrected chi connectivity index (χ2v) is 11.0. The summed E-state index contributed by atoms with van der Waals surface area (Å²) < 4.78 is 66.5. The average molecular weight is 532 g/mol. The third-order valence-corrected chi connectivity index (χ3v) is 7.95. The molecule has 8 nitrogen and oxygen atoms in total. The number of nitrogens with one attached hydrogen (secondary N) is 3. The topological polar surface area (TPSA) is 101 Å². The Labute approximate surface area is 205 Å². The summed E-state index contributed by atoms with van der Waals surface area (Å²) in [5, 5.41) is 12.6. The maximum absolute atomic E-state index is 14.6. The van der Waals surface area contributed by atoms with Gasteiger partial charge in [-0.15, -0.1) is 11.3 Å². The van der Waals surface area contributed by atoms with Gasteiger partial charge in [0.25, 0.3) is 5.89 Å². The Hall–Kier alpha value is -2.58. The number of hydrogen-bond donors (Lipinski definition) is 3. The number of carbonyl (C=O) groups is 1. The Kier molecular flexibility index (Phi) is 6.08. The molecule has 14 heteroatoms. The first-order valence-corrected chi connectivity index (χ1v) is 12.4. The lowest BCUT2D eigenvalue weighted by molar-refractivity contribution is -0.0880. The van der Waals surface area contributed by atoms with Gasteiger partial charge in [0.2, 0.25) is 5.82 Å². The van der Waals surface area contributed by atoms with Gasteiger partial charge in [-0.05, 0) is 38.1 Å². The zero-order valence-corrected chi connectivity index (χ0v) is 20.2. The molecule has 0 aliphatic carbocycles. The SMILES string of the molecule is CC1(C)C[C@@H](Nc2cccc3c(SC(F)(F)F)c(-c4noc([C@H]5CNC(=O)N5)n4)sc23)[C@@H](F)CO1. The van der Waals surface area contributed by atoms with Gasteiger partial charge >= 0.3 is 11.5 Å². The van der Waals surface area contributed by atoms with Crippen molar-refractivity contribution in [3.63, 3.8) is 0 Å². The minimum Gasteiger partial charge on any atom is -0.378 e. The summed E-state index contributed by atoms with van der Waals surface area (Å²) in [7, 11) is 0. The van der Waals surface area contributed by atoms with Gasteiger partial charge in [0, 0.05) is 16.8 Å². The fourth-order valence-corrected chi connectivity index (χ4v) is 6.23. The molecule has 2 aliphatic heterocycles. The normalized spacial score (nSPS) is 24.4. The number of carbonyl (C=O) groups excluding carboxylic acids is 1. The Morgan fingerprint density at radius 1 is 1.31 bits per heavy atom. The average Bonchev–Trinajstić information content (AvgIpc) is 3.49. The first-order valence-electron chi connectivity index (χ1n) is 10.7. The number of alkyl halides is 4. The van der Waals surface area contributed by atoms with E-state index in [2.05, 4.69) is 26.1 Å². The molecule has 0 saturated carbocycles. The van der Waals surface area contributed by atoms with E-state index in [0.29, 0.717) is 22.2 Å². The van der Waals surface area contributed by atoms with Crippen LogP contribution in [-0.2, 0) is 4.74 Å². The quantitative estimate of drug-likeness (QED) is 0.306. The largest absolute Gasteiger partial charge is 0.446 e. The van der Waals surface area contributed by atoms with Gasteiger partial charge in [0.15, 0.2) is 0 Å². The second-order valence-electron chi connectivity index (χ2n) is 8.90. The molecule has 2 fully saturated rings. The van der Waals surface area contributed by atoms with Crippen LogP contribution in [0.25, 0.3) is 20.8 Å². The first kappa shape index (κ1) is 24.1. The molecule has 0 unspecified atom stereocenters. The molecule has 0 bridgehead atoms. The van der Waals surface area contributed by atoms with Crippen LogP contribution >= 0.6 is 23.1 Å². The Bertz CT molecular complexity index is 1260. The maximum atomic E-state index is 14.6. The van der Waals surface area contributed by atoms with E-state index in [1.54, 1.807) is 18.2 Å². The number of anilines is 1. The van der Waals surface area contributed by atoms with Crippen LogP contribution < -0.4 is 16.0 Å². The second kappa shape index (κ2) is 8.82. The number of hydrogen-bond acceptors (Lipinski definition) is 8. The minimum atomic E-state index is -4.56. The van der Waals surface area contributed by atoms with Crippen molar-refractivity contribution in [2.24, 2.45) is 0 Å². The molecule has 5 rings (SSSR count). The summed E-state index contributed by atoms with van der Waals surface area (Å²) in [6.07, 6.45) is -0.876. The lowest BCUT2D eigenvalue weighted by Gasteiger charge is -2.38. The van der Waals surface area contributed by atoms with Crippen molar-refractivity contribution >= 4 is 44.9 Å². The van der Waals surface area contributed by atoms with E-state index in [0.717, 1.165) is 11.3 Å². The first-order chi connectivity index (χ1) is 16.5. The van der Waals surface area contributed by atoms with Crippen molar-refractivity contribution in [3.05, 3.63) is 24.1 Å². The molecule has 35 heavy (non-hydrogen) atoms. The zero-order chi connectivity index (χ0) is 25.0. The summed E-state index contributed by atoms with van der Waals surface area (Å²) in [6.45, 7) is 3.89. The number of ether oxygens (including phenoxy) is 1. The monoisotopic (exact) mass is 531 g/mol. The molecule has 4 heterocycles. The Morgan fingerprint density at radius 2 is 2.11 bits per heavy atom. The molecule has 188 valence electrons. The van der Waals surface area contributed by atoms with Crippen molar-refractivity contribution in [1.82, 2.24) is 20.8 Å². The van der Waals surface area contributed by atoms with Crippen molar-refractivity contribution in [1.29, 1.82) is 0 Å². The van der Waals surface area contributed by atoms with Crippen LogP contribution in [-0.4, -0.2) is 52.6 Å². The summed E-state index contributed by atoms with van der Waals surface area (Å²) in [5.41, 5.74) is -4.57. The highest BCUT2D eigenvalue weighted by atomic mass is 32.2. The lowest BCUT2D eigenvalue weighted by atomic mass is 9.92. The number of thioether (sulfide) groups is 1. The summed E-state index contributed by atoms with van der Waals surface area (Å²) in [5.74, 6) is 0.0671. The number of thiophene rings is 1. The van der Waals surface area contributed by atoms with E-state index in [1.807, 2.05) is 13.8 Å². The molecule has 2 amide bonds. The molecule has 3 N–H and O–H groups in total. The van der Waals surface area contributed by atoms with Gasteiger partial charge in [0.05, 0.1) is 33.5 Å². The van der Waals surface area contributed by atoms with Crippen LogP contribution in [0.2, 0.25) is 0 Å². The summed E-state index contributed by atoms with van der Waals surface area (Å²) >= 11 is 0.806. The third kappa shape index (κ3) is 5.05. The van der Waals surface area contributed by atoms with E-state index in [1.165, 1.54) is 0 Å². The van der Waals surface area contributed by atoms with E-state index in [-0.39, 0.29) is 46.4 Å². The van der Waals surface area contributed by atoms with Crippen molar-refractivity contribution < 1.29 is 31.6 Å². The van der Waals surface area contributed by atoms with Crippen LogP contribution in [0.3, 0.4) is 0 Å². The molecule has 2 saturated heterocycles. The standard InChI is InChI=1S/C21H21F4N5O3S2/c1-20(2)6-12(10(22)8-32-20)27-11-5-3-4-9-14(11)34-16(15(9)35-21(23,24)25)17-29-18(33-30-17)13-7-26-19(31)28-13/h3-5,10,12-13,27H,6-8H2,1-2H3,(H2,26,28,31)/t10-,12+,13+/m0/s1. The van der Waals surface area contributed by atoms with Crippen molar-refractivity contribution in [2.45, 2.75) is 54.5 Å². The molecule has 1 aromatic carbocycles. The number of rotatable bonds is 5. The van der Waals surface area contributed by atoms with E-state index in [9.17, 15) is 22.4 Å². The highest BCUT2D eigenvalue weighted by Crippen LogP contribution is 2.51. The summed E-state index contributed by atoms with van der Waals surface area (Å²) in [6, 6.07) is 3.37. The van der Waals surface area contributed by atoms with Crippen molar-refractivity contribution in [2.75, 3.05) is 18.5 Å². The number of urea groups is 1. The van der Waals surface area contributed by atoms with Crippen LogP contribution in [0.5, 0.6) is 0 Å². The number of fused-ring (bicyclic) bond motifs is 1. The molecule has 3 atom stereocenters.